The van der Waals surface area contributed by atoms with E-state index in [0.29, 0.717) is 5.75 Å². The van der Waals surface area contributed by atoms with E-state index in [0.717, 1.165) is 18.2 Å². The first-order chi connectivity index (χ1) is 9.11. The molecule has 0 aromatic heterocycles. The van der Waals surface area contributed by atoms with Gasteiger partial charge in [-0.25, -0.2) is 4.39 Å². The van der Waals surface area contributed by atoms with Gasteiger partial charge in [0.05, 0.1) is 12.0 Å². The molecule has 2 aromatic rings. The molecule has 98 valence electrons. The van der Waals surface area contributed by atoms with E-state index in [4.69, 9.17) is 9.47 Å². The van der Waals surface area contributed by atoms with E-state index in [1.807, 2.05) is 0 Å². The summed E-state index contributed by atoms with van der Waals surface area (Å²) in [5.41, 5.74) is -0.313. The van der Waals surface area contributed by atoms with Crippen LogP contribution in [0.4, 0.5) is 10.1 Å². The maximum atomic E-state index is 13.2. The number of nitro benzene ring substituents is 1. The second-order valence-electron chi connectivity index (χ2n) is 3.62. The zero-order valence-corrected chi connectivity index (χ0v) is 10.00. The number of para-hydroxylation sites is 2. The molecule has 0 aliphatic carbocycles. The van der Waals surface area contributed by atoms with Crippen LogP contribution in [0.1, 0.15) is 0 Å². The van der Waals surface area contributed by atoms with Crippen molar-refractivity contribution in [3.8, 4) is 17.2 Å². The molecule has 0 aliphatic heterocycles. The Morgan fingerprint density at radius 2 is 1.79 bits per heavy atom. The van der Waals surface area contributed by atoms with E-state index in [2.05, 4.69) is 0 Å². The highest BCUT2D eigenvalue weighted by Gasteiger charge is 2.17. The summed E-state index contributed by atoms with van der Waals surface area (Å²) in [4.78, 5) is 10.2. The van der Waals surface area contributed by atoms with Gasteiger partial charge in [0, 0.05) is 12.1 Å². The minimum atomic E-state index is -0.635. The van der Waals surface area contributed by atoms with Gasteiger partial charge < -0.3 is 9.47 Å². The monoisotopic (exact) mass is 263 g/mol. The van der Waals surface area contributed by atoms with Crippen LogP contribution in [0, 0.1) is 15.9 Å². The first kappa shape index (κ1) is 12.8. The van der Waals surface area contributed by atoms with Crippen molar-refractivity contribution in [3.05, 3.63) is 58.4 Å². The summed E-state index contributed by atoms with van der Waals surface area (Å²) < 4.78 is 23.6. The molecule has 0 N–H and O–H groups in total. The lowest BCUT2D eigenvalue weighted by Crippen LogP contribution is -1.95. The fourth-order valence-electron chi connectivity index (χ4n) is 1.54. The van der Waals surface area contributed by atoms with Gasteiger partial charge in [0.25, 0.3) is 0 Å². The Balaban J connectivity index is 2.42. The summed E-state index contributed by atoms with van der Waals surface area (Å²) in [6, 6.07) is 9.65. The SMILES string of the molecule is COc1ccccc1Oc1cc(F)ccc1[N+](=O)[O-]. The third-order valence-electron chi connectivity index (χ3n) is 2.41. The second-order valence-corrected chi connectivity index (χ2v) is 3.62. The van der Waals surface area contributed by atoms with Gasteiger partial charge in [0.2, 0.25) is 5.75 Å². The van der Waals surface area contributed by atoms with Gasteiger partial charge in [-0.1, -0.05) is 12.1 Å². The van der Waals surface area contributed by atoms with Crippen LogP contribution in [0.3, 0.4) is 0 Å². The van der Waals surface area contributed by atoms with Crippen LogP contribution in [0.2, 0.25) is 0 Å². The molecule has 0 amide bonds. The van der Waals surface area contributed by atoms with E-state index in [1.165, 1.54) is 7.11 Å². The fourth-order valence-corrected chi connectivity index (χ4v) is 1.54. The minimum absolute atomic E-state index is 0.172. The molecule has 6 heteroatoms. The summed E-state index contributed by atoms with van der Waals surface area (Å²) in [5.74, 6) is -0.107. The highest BCUT2D eigenvalue weighted by molar-refractivity contribution is 5.51. The Hall–Kier alpha value is -2.63. The van der Waals surface area contributed by atoms with Crippen LogP contribution in [-0.2, 0) is 0 Å². The number of nitro groups is 1. The van der Waals surface area contributed by atoms with Gasteiger partial charge in [0.15, 0.2) is 11.5 Å². The van der Waals surface area contributed by atoms with E-state index in [9.17, 15) is 14.5 Å². The lowest BCUT2D eigenvalue weighted by Gasteiger charge is -2.10. The topological polar surface area (TPSA) is 61.6 Å². The Labute approximate surface area is 108 Å². The number of methoxy groups -OCH3 is 1. The van der Waals surface area contributed by atoms with Crippen LogP contribution in [0.5, 0.6) is 17.2 Å². The van der Waals surface area contributed by atoms with Crippen LogP contribution >= 0.6 is 0 Å². The maximum Gasteiger partial charge on any atom is 0.311 e. The number of hydrogen-bond donors (Lipinski definition) is 0. The molecule has 2 aromatic carbocycles. The lowest BCUT2D eigenvalue weighted by molar-refractivity contribution is -0.385. The van der Waals surface area contributed by atoms with Crippen LogP contribution in [-0.4, -0.2) is 12.0 Å². The molecular formula is C13H10FNO4. The van der Waals surface area contributed by atoms with E-state index < -0.39 is 10.7 Å². The molecule has 0 spiro atoms. The van der Waals surface area contributed by atoms with Crippen LogP contribution < -0.4 is 9.47 Å². The average molecular weight is 263 g/mol. The van der Waals surface area contributed by atoms with Crippen molar-refractivity contribution in [2.45, 2.75) is 0 Å². The number of ether oxygens (including phenoxy) is 2. The van der Waals surface area contributed by atoms with E-state index >= 15 is 0 Å². The summed E-state index contributed by atoms with van der Waals surface area (Å²) in [7, 11) is 1.45. The van der Waals surface area contributed by atoms with Crippen LogP contribution in [0.15, 0.2) is 42.5 Å². The lowest BCUT2D eigenvalue weighted by atomic mass is 10.2. The highest BCUT2D eigenvalue weighted by atomic mass is 19.1. The first-order valence-electron chi connectivity index (χ1n) is 5.36. The first-order valence-corrected chi connectivity index (χ1v) is 5.36. The molecule has 0 saturated carbocycles. The Kier molecular flexibility index (Phi) is 3.61. The second kappa shape index (κ2) is 5.34. The zero-order valence-electron chi connectivity index (χ0n) is 10.00. The molecule has 0 atom stereocenters. The van der Waals surface area contributed by atoms with Crippen molar-refractivity contribution in [3.63, 3.8) is 0 Å². The molecule has 0 bridgehead atoms. The number of rotatable bonds is 4. The molecule has 0 aliphatic rings. The smallest absolute Gasteiger partial charge is 0.311 e. The summed E-state index contributed by atoms with van der Waals surface area (Å²) in [5, 5.41) is 10.8. The van der Waals surface area contributed by atoms with Gasteiger partial charge in [-0.05, 0) is 18.2 Å². The van der Waals surface area contributed by atoms with Crippen LogP contribution in [0.25, 0.3) is 0 Å². The van der Waals surface area contributed by atoms with Gasteiger partial charge >= 0.3 is 5.69 Å². The minimum Gasteiger partial charge on any atom is -0.493 e. The molecule has 2 rings (SSSR count). The van der Waals surface area contributed by atoms with Crippen molar-refractivity contribution in [1.29, 1.82) is 0 Å². The van der Waals surface area contributed by atoms with Gasteiger partial charge in [-0.15, -0.1) is 0 Å². The molecule has 5 nitrogen and oxygen atoms in total. The molecule has 0 radical (unpaired) electrons. The van der Waals surface area contributed by atoms with Gasteiger partial charge in [-0.2, -0.15) is 0 Å². The van der Waals surface area contributed by atoms with Crippen molar-refractivity contribution >= 4 is 5.69 Å². The fraction of sp³-hybridized carbons (Fsp3) is 0.0769. The average Bonchev–Trinajstić information content (AvgIpc) is 2.39. The highest BCUT2D eigenvalue weighted by Crippen LogP contribution is 2.36. The molecule has 0 unspecified atom stereocenters. The number of halogens is 1. The normalized spacial score (nSPS) is 10.0. The third kappa shape index (κ3) is 2.79. The largest absolute Gasteiger partial charge is 0.493 e. The van der Waals surface area contributed by atoms with E-state index in [1.54, 1.807) is 24.3 Å². The quantitative estimate of drug-likeness (QED) is 0.625. The van der Waals surface area contributed by atoms with Gasteiger partial charge in [0.1, 0.15) is 5.82 Å². The number of benzene rings is 2. The number of hydrogen-bond acceptors (Lipinski definition) is 4. The Morgan fingerprint density at radius 1 is 1.11 bits per heavy atom. The molecule has 0 fully saturated rings. The maximum absolute atomic E-state index is 13.2. The predicted octanol–water partition coefficient (Wildman–Crippen LogP) is 3.53. The number of nitrogens with zero attached hydrogens (tertiary/aromatic N) is 1. The molecule has 0 saturated heterocycles. The summed E-state index contributed by atoms with van der Waals surface area (Å²) in [6.07, 6.45) is 0. The molecule has 19 heavy (non-hydrogen) atoms. The predicted molar refractivity (Wildman–Crippen MR) is 66.1 cm³/mol. The Bertz CT molecular complexity index is 615. The van der Waals surface area contributed by atoms with E-state index in [-0.39, 0.29) is 17.2 Å². The standard InChI is InChI=1S/C13H10FNO4/c1-18-11-4-2-3-5-12(11)19-13-8-9(14)6-7-10(13)15(16)17/h2-8H,1H3. The van der Waals surface area contributed by atoms with Crippen molar-refractivity contribution in [2.24, 2.45) is 0 Å². The van der Waals surface area contributed by atoms with Crippen molar-refractivity contribution < 1.29 is 18.8 Å². The summed E-state index contributed by atoms with van der Waals surface area (Å²) in [6.45, 7) is 0. The Morgan fingerprint density at radius 3 is 2.42 bits per heavy atom. The van der Waals surface area contributed by atoms with Gasteiger partial charge in [-0.3, -0.25) is 10.1 Å². The molecule has 0 heterocycles. The zero-order chi connectivity index (χ0) is 13.8. The third-order valence-corrected chi connectivity index (χ3v) is 2.41. The van der Waals surface area contributed by atoms with Crippen molar-refractivity contribution in [2.75, 3.05) is 7.11 Å². The van der Waals surface area contributed by atoms with Crippen molar-refractivity contribution in [1.82, 2.24) is 0 Å². The molecular weight excluding hydrogens is 253 g/mol. The summed E-state index contributed by atoms with van der Waals surface area (Å²) >= 11 is 0.